The monoisotopic (exact) mass is 448 g/mol. The van der Waals surface area contributed by atoms with Crippen LogP contribution >= 0.6 is 11.3 Å². The maximum atomic E-state index is 6.06. The predicted molar refractivity (Wildman–Crippen MR) is 129 cm³/mol. The van der Waals surface area contributed by atoms with Gasteiger partial charge in [-0.25, -0.2) is 4.98 Å². The molecule has 7 heteroatoms. The molecule has 4 aromatic rings. The Balaban J connectivity index is 1.11. The Kier molecular flexibility index (Phi) is 5.57. The van der Waals surface area contributed by atoms with Crippen LogP contribution in [0.25, 0.3) is 21.1 Å². The summed E-state index contributed by atoms with van der Waals surface area (Å²) >= 11 is 1.58. The summed E-state index contributed by atoms with van der Waals surface area (Å²) < 4.78 is 12.7. The topological polar surface area (TPSA) is 53.6 Å². The summed E-state index contributed by atoms with van der Waals surface area (Å²) in [6.07, 6.45) is 4.66. The zero-order valence-corrected chi connectivity index (χ0v) is 18.9. The number of thiazole rings is 1. The fourth-order valence-corrected chi connectivity index (χ4v) is 5.82. The van der Waals surface area contributed by atoms with Crippen molar-refractivity contribution in [2.45, 2.75) is 25.4 Å². The number of likely N-dealkylation sites (tertiary alicyclic amines) is 1. The fraction of sp³-hybridized carbons (Fsp3) is 0.400. The van der Waals surface area contributed by atoms with E-state index in [4.69, 9.17) is 9.47 Å². The second-order valence-electron chi connectivity index (χ2n) is 8.73. The number of piperidine rings is 1. The van der Waals surface area contributed by atoms with Gasteiger partial charge in [0.1, 0.15) is 5.75 Å². The van der Waals surface area contributed by atoms with Gasteiger partial charge in [0.15, 0.2) is 0 Å². The van der Waals surface area contributed by atoms with Crippen LogP contribution < -0.4 is 4.74 Å². The number of morpholine rings is 1. The van der Waals surface area contributed by atoms with Crippen LogP contribution in [0.4, 0.5) is 0 Å². The number of hydrogen-bond acceptors (Lipinski definition) is 6. The Labute approximate surface area is 191 Å². The maximum absolute atomic E-state index is 6.06. The van der Waals surface area contributed by atoms with Crippen molar-refractivity contribution in [1.29, 1.82) is 0 Å². The van der Waals surface area contributed by atoms with E-state index in [0.717, 1.165) is 73.5 Å². The van der Waals surface area contributed by atoms with Crippen molar-refractivity contribution in [2.75, 3.05) is 39.4 Å². The number of para-hydroxylation sites is 1. The quantitative estimate of drug-likeness (QED) is 0.472. The Morgan fingerprint density at radius 1 is 1.06 bits per heavy atom. The van der Waals surface area contributed by atoms with Crippen molar-refractivity contribution < 1.29 is 9.47 Å². The lowest BCUT2D eigenvalue weighted by atomic mass is 10.0. The first-order valence-electron chi connectivity index (χ1n) is 11.5. The highest BCUT2D eigenvalue weighted by atomic mass is 32.1. The second kappa shape index (κ2) is 8.83. The molecule has 0 amide bonds. The molecule has 0 spiro atoms. The zero-order valence-electron chi connectivity index (χ0n) is 18.1. The number of fused-ring (bicyclic) bond motifs is 2. The van der Waals surface area contributed by atoms with E-state index >= 15 is 0 Å². The van der Waals surface area contributed by atoms with E-state index in [1.807, 2.05) is 18.2 Å². The zero-order chi connectivity index (χ0) is 21.3. The molecular weight excluding hydrogens is 420 g/mol. The molecule has 32 heavy (non-hydrogen) atoms. The molecule has 0 aliphatic carbocycles. The van der Waals surface area contributed by atoms with Crippen LogP contribution in [0.3, 0.4) is 0 Å². The van der Waals surface area contributed by atoms with Crippen molar-refractivity contribution in [1.82, 2.24) is 19.8 Å². The molecule has 1 N–H and O–H groups in total. The van der Waals surface area contributed by atoms with Gasteiger partial charge in [-0.1, -0.05) is 23.5 Å². The van der Waals surface area contributed by atoms with Crippen LogP contribution in [0.1, 0.15) is 18.4 Å². The highest BCUT2D eigenvalue weighted by Gasteiger charge is 2.26. The first kappa shape index (κ1) is 20.2. The van der Waals surface area contributed by atoms with E-state index in [0.29, 0.717) is 5.19 Å². The summed E-state index contributed by atoms with van der Waals surface area (Å²) in [5, 5.41) is 1.96. The lowest BCUT2D eigenvalue weighted by molar-refractivity contribution is 0.000262. The van der Waals surface area contributed by atoms with E-state index < -0.39 is 0 Å². The molecule has 0 saturated carbocycles. The van der Waals surface area contributed by atoms with E-state index in [-0.39, 0.29) is 0 Å². The second-order valence-corrected chi connectivity index (χ2v) is 9.72. The Morgan fingerprint density at radius 3 is 2.75 bits per heavy atom. The van der Waals surface area contributed by atoms with Crippen LogP contribution in [0.15, 0.2) is 48.7 Å². The number of hydrogen-bond donors (Lipinski definition) is 1. The molecule has 0 unspecified atom stereocenters. The highest BCUT2D eigenvalue weighted by Crippen LogP contribution is 2.33. The lowest BCUT2D eigenvalue weighted by Gasteiger charge is -2.40. The standard InChI is InChI=1S/C25H28N4O2S/c1-2-4-24-22(3-1)27-25(32-24)31-20-5-6-21-18(16-26-23(21)15-20)17-28-9-7-19(8-10-28)29-11-13-30-14-12-29/h1-6,15-16,19,26H,7-14,17H2. The molecule has 2 aromatic heterocycles. The molecule has 2 aliphatic rings. The minimum atomic E-state index is 0.681. The minimum Gasteiger partial charge on any atom is -0.431 e. The number of ether oxygens (including phenoxy) is 2. The molecule has 0 bridgehead atoms. The van der Waals surface area contributed by atoms with Gasteiger partial charge < -0.3 is 14.5 Å². The van der Waals surface area contributed by atoms with Gasteiger partial charge in [-0.2, -0.15) is 0 Å². The van der Waals surface area contributed by atoms with Crippen LogP contribution in [-0.2, 0) is 11.3 Å². The van der Waals surface area contributed by atoms with Gasteiger partial charge in [0, 0.05) is 48.8 Å². The third kappa shape index (κ3) is 4.13. The number of nitrogens with zero attached hydrogens (tertiary/aromatic N) is 3. The van der Waals surface area contributed by atoms with Crippen LogP contribution in [0, 0.1) is 0 Å². The third-order valence-electron chi connectivity index (χ3n) is 6.73. The number of H-pyrrole nitrogens is 1. The predicted octanol–water partition coefficient (Wildman–Crippen LogP) is 4.87. The maximum Gasteiger partial charge on any atom is 0.279 e. The SMILES string of the molecule is c1ccc2sc(Oc3ccc4c(CN5CCC(N6CCOCC6)CC5)c[nH]c4c3)nc2c1. The molecule has 2 saturated heterocycles. The van der Waals surface area contributed by atoms with Gasteiger partial charge in [0.2, 0.25) is 0 Å². The summed E-state index contributed by atoms with van der Waals surface area (Å²) in [5.74, 6) is 0.816. The number of aromatic nitrogens is 2. The van der Waals surface area contributed by atoms with E-state index in [1.54, 1.807) is 11.3 Å². The number of benzene rings is 2. The van der Waals surface area contributed by atoms with Crippen molar-refractivity contribution in [3.63, 3.8) is 0 Å². The molecule has 166 valence electrons. The fourth-order valence-electron chi connectivity index (χ4n) is 4.98. The van der Waals surface area contributed by atoms with Gasteiger partial charge in [0.25, 0.3) is 5.19 Å². The van der Waals surface area contributed by atoms with E-state index in [9.17, 15) is 0 Å². The average molecular weight is 449 g/mol. The Bertz CT molecular complexity index is 1170. The first-order valence-corrected chi connectivity index (χ1v) is 12.3. The molecule has 6 rings (SSSR count). The summed E-state index contributed by atoms with van der Waals surface area (Å²) in [7, 11) is 0. The molecule has 2 aromatic carbocycles. The molecule has 6 nitrogen and oxygen atoms in total. The van der Waals surface area contributed by atoms with Gasteiger partial charge in [-0.15, -0.1) is 0 Å². The smallest absolute Gasteiger partial charge is 0.279 e. The molecule has 4 heterocycles. The largest absolute Gasteiger partial charge is 0.431 e. The Morgan fingerprint density at radius 2 is 1.91 bits per heavy atom. The van der Waals surface area contributed by atoms with Crippen molar-refractivity contribution in [3.8, 4) is 10.9 Å². The first-order chi connectivity index (χ1) is 15.8. The average Bonchev–Trinajstić information content (AvgIpc) is 3.43. The summed E-state index contributed by atoms with van der Waals surface area (Å²) in [6, 6.07) is 15.1. The highest BCUT2D eigenvalue weighted by molar-refractivity contribution is 7.20. The molecule has 2 aliphatic heterocycles. The minimum absolute atomic E-state index is 0.681. The summed E-state index contributed by atoms with van der Waals surface area (Å²) in [6.45, 7) is 7.28. The molecular formula is C25H28N4O2S. The summed E-state index contributed by atoms with van der Waals surface area (Å²) in [4.78, 5) is 13.2. The third-order valence-corrected chi connectivity index (χ3v) is 7.65. The van der Waals surface area contributed by atoms with Crippen LogP contribution in [0.5, 0.6) is 10.9 Å². The van der Waals surface area contributed by atoms with Gasteiger partial charge >= 0.3 is 0 Å². The number of nitrogens with one attached hydrogen (secondary N) is 1. The van der Waals surface area contributed by atoms with E-state index in [2.05, 4.69) is 50.2 Å². The molecule has 0 atom stereocenters. The van der Waals surface area contributed by atoms with Crippen LogP contribution in [-0.4, -0.2) is 65.2 Å². The van der Waals surface area contributed by atoms with Crippen LogP contribution in [0.2, 0.25) is 0 Å². The van der Waals surface area contributed by atoms with Gasteiger partial charge in [-0.3, -0.25) is 9.80 Å². The number of aromatic amines is 1. The Hall–Kier alpha value is -2.45. The normalized spacial score (nSPS) is 19.1. The van der Waals surface area contributed by atoms with Crippen molar-refractivity contribution in [2.24, 2.45) is 0 Å². The summed E-state index contributed by atoms with van der Waals surface area (Å²) in [5.41, 5.74) is 3.45. The van der Waals surface area contributed by atoms with E-state index in [1.165, 1.54) is 23.8 Å². The van der Waals surface area contributed by atoms with Gasteiger partial charge in [0.05, 0.1) is 23.4 Å². The molecule has 0 radical (unpaired) electrons. The van der Waals surface area contributed by atoms with Crippen molar-refractivity contribution >= 4 is 32.5 Å². The molecule has 2 fully saturated rings. The van der Waals surface area contributed by atoms with Crippen molar-refractivity contribution in [3.05, 3.63) is 54.2 Å². The lowest BCUT2D eigenvalue weighted by Crippen LogP contribution is -2.48. The van der Waals surface area contributed by atoms with Gasteiger partial charge in [-0.05, 0) is 55.8 Å². The number of rotatable bonds is 5.